The molecule has 1 aliphatic heterocycles. The summed E-state index contributed by atoms with van der Waals surface area (Å²) in [4.78, 5) is 2.47. The summed E-state index contributed by atoms with van der Waals surface area (Å²) in [6, 6.07) is 12.4. The van der Waals surface area contributed by atoms with Gasteiger partial charge in [-0.05, 0) is 43.7 Å². The van der Waals surface area contributed by atoms with Crippen molar-refractivity contribution in [2.45, 2.75) is 18.2 Å². The van der Waals surface area contributed by atoms with Crippen molar-refractivity contribution in [3.8, 4) is 0 Å². The fourth-order valence-corrected chi connectivity index (χ4v) is 4.96. The van der Waals surface area contributed by atoms with Gasteiger partial charge < -0.3 is 4.90 Å². The Hall–Kier alpha value is -1.27. The molecule has 0 radical (unpaired) electrons. The van der Waals surface area contributed by atoms with Gasteiger partial charge in [0, 0.05) is 41.9 Å². The second-order valence-electron chi connectivity index (χ2n) is 6.19. The van der Waals surface area contributed by atoms with Crippen molar-refractivity contribution in [3.63, 3.8) is 0 Å². The molecule has 0 N–H and O–H groups in total. The molecule has 4 nitrogen and oxygen atoms in total. The van der Waals surface area contributed by atoms with Crippen LogP contribution in [-0.4, -0.2) is 38.9 Å². The van der Waals surface area contributed by atoms with E-state index in [2.05, 4.69) is 4.90 Å². The second kappa shape index (κ2) is 7.54. The maximum absolute atomic E-state index is 12.9. The third-order valence-corrected chi connectivity index (χ3v) is 6.68. The molecule has 0 unspecified atom stereocenters. The molecule has 2 aromatic rings. The fourth-order valence-electron chi connectivity index (χ4n) is 2.97. The maximum Gasteiger partial charge on any atom is 0.243 e. The Kier molecular flexibility index (Phi) is 5.58. The highest BCUT2D eigenvalue weighted by atomic mass is 35.5. The van der Waals surface area contributed by atoms with Gasteiger partial charge in [0.05, 0.1) is 4.90 Å². The average Bonchev–Trinajstić information content (AvgIpc) is 2.81. The van der Waals surface area contributed by atoms with E-state index in [9.17, 15) is 8.42 Å². The molecule has 0 aromatic heterocycles. The molecule has 0 saturated carbocycles. The van der Waals surface area contributed by atoms with E-state index in [1.165, 1.54) is 0 Å². The molecule has 7 heteroatoms. The molecule has 1 heterocycles. The molecule has 1 aliphatic rings. The topological polar surface area (TPSA) is 40.6 Å². The molecule has 3 rings (SSSR count). The Morgan fingerprint density at radius 2 is 1.52 bits per heavy atom. The van der Waals surface area contributed by atoms with Crippen molar-refractivity contribution in [2.24, 2.45) is 0 Å². The predicted molar refractivity (Wildman–Crippen MR) is 103 cm³/mol. The van der Waals surface area contributed by atoms with Gasteiger partial charge in [0.25, 0.3) is 0 Å². The van der Waals surface area contributed by atoms with Crippen LogP contribution < -0.4 is 4.90 Å². The minimum absolute atomic E-state index is 0.345. The first kappa shape index (κ1) is 18.5. The summed E-state index contributed by atoms with van der Waals surface area (Å²) in [7, 11) is -3.47. The van der Waals surface area contributed by atoms with Crippen LogP contribution in [0.5, 0.6) is 0 Å². The molecular formula is C18H20Cl2N2O2S. The number of sulfonamides is 1. The Labute approximate surface area is 159 Å². The first-order valence-electron chi connectivity index (χ1n) is 8.14. The van der Waals surface area contributed by atoms with Crippen LogP contribution in [0.25, 0.3) is 0 Å². The van der Waals surface area contributed by atoms with E-state index in [1.54, 1.807) is 22.5 Å². The van der Waals surface area contributed by atoms with E-state index in [4.69, 9.17) is 23.2 Å². The van der Waals surface area contributed by atoms with Crippen molar-refractivity contribution in [2.75, 3.05) is 31.1 Å². The van der Waals surface area contributed by atoms with Gasteiger partial charge >= 0.3 is 0 Å². The molecule has 1 fully saturated rings. The average molecular weight is 399 g/mol. The third kappa shape index (κ3) is 4.29. The zero-order chi connectivity index (χ0) is 18.0. The minimum atomic E-state index is -3.47. The van der Waals surface area contributed by atoms with Crippen LogP contribution in [0, 0.1) is 6.92 Å². The number of hydrogen-bond acceptors (Lipinski definition) is 3. The van der Waals surface area contributed by atoms with Gasteiger partial charge in [-0.2, -0.15) is 4.31 Å². The van der Waals surface area contributed by atoms with Crippen LogP contribution in [0.4, 0.5) is 5.69 Å². The second-order valence-corrected chi connectivity index (χ2v) is 9.00. The molecule has 0 spiro atoms. The van der Waals surface area contributed by atoms with E-state index in [0.29, 0.717) is 34.6 Å². The highest BCUT2D eigenvalue weighted by Crippen LogP contribution is 2.27. The smallest absolute Gasteiger partial charge is 0.243 e. The first-order valence-corrected chi connectivity index (χ1v) is 10.3. The Morgan fingerprint density at radius 1 is 0.880 bits per heavy atom. The van der Waals surface area contributed by atoms with E-state index >= 15 is 0 Å². The van der Waals surface area contributed by atoms with Gasteiger partial charge in [-0.1, -0.05) is 40.9 Å². The van der Waals surface area contributed by atoms with E-state index in [1.807, 2.05) is 31.2 Å². The molecule has 0 amide bonds. The molecule has 0 atom stereocenters. The Bertz CT molecular complexity index is 834. The van der Waals surface area contributed by atoms with Crippen molar-refractivity contribution in [1.82, 2.24) is 4.31 Å². The summed E-state index contributed by atoms with van der Waals surface area (Å²) in [6.45, 7) is 4.23. The predicted octanol–water partition coefficient (Wildman–Crippen LogP) is 4.20. The third-order valence-electron chi connectivity index (χ3n) is 4.33. The normalized spacial score (nSPS) is 16.7. The summed E-state index contributed by atoms with van der Waals surface area (Å²) in [5.41, 5.74) is 1.96. The van der Waals surface area contributed by atoms with Crippen LogP contribution >= 0.6 is 23.2 Å². The molecule has 1 saturated heterocycles. The van der Waals surface area contributed by atoms with Gasteiger partial charge in [0.1, 0.15) is 0 Å². The first-order chi connectivity index (χ1) is 11.9. The quantitative estimate of drug-likeness (QED) is 0.777. The lowest BCUT2D eigenvalue weighted by Crippen LogP contribution is -2.35. The van der Waals surface area contributed by atoms with E-state index in [0.717, 1.165) is 24.2 Å². The van der Waals surface area contributed by atoms with E-state index in [-0.39, 0.29) is 0 Å². The molecule has 0 bridgehead atoms. The van der Waals surface area contributed by atoms with Crippen LogP contribution in [0.15, 0.2) is 47.4 Å². The zero-order valence-electron chi connectivity index (χ0n) is 14.0. The van der Waals surface area contributed by atoms with Crippen molar-refractivity contribution >= 4 is 38.9 Å². The van der Waals surface area contributed by atoms with Crippen molar-refractivity contribution < 1.29 is 8.42 Å². The van der Waals surface area contributed by atoms with Crippen LogP contribution in [0.1, 0.15) is 12.0 Å². The van der Waals surface area contributed by atoms with Crippen LogP contribution in [0.2, 0.25) is 10.0 Å². The number of nitrogens with zero attached hydrogens (tertiary/aromatic N) is 2. The van der Waals surface area contributed by atoms with Gasteiger partial charge in [0.15, 0.2) is 0 Å². The molecular weight excluding hydrogens is 379 g/mol. The Balaban J connectivity index is 1.78. The van der Waals surface area contributed by atoms with Crippen molar-refractivity contribution in [1.29, 1.82) is 0 Å². The maximum atomic E-state index is 12.9. The monoisotopic (exact) mass is 398 g/mol. The number of hydrogen-bond donors (Lipinski definition) is 0. The van der Waals surface area contributed by atoms with Gasteiger partial charge in [-0.15, -0.1) is 0 Å². The van der Waals surface area contributed by atoms with E-state index < -0.39 is 10.0 Å². The summed E-state index contributed by atoms with van der Waals surface area (Å²) in [5.74, 6) is 0. The summed E-state index contributed by atoms with van der Waals surface area (Å²) < 4.78 is 27.3. The largest absolute Gasteiger partial charge is 0.370 e. The minimum Gasteiger partial charge on any atom is -0.370 e. The fraction of sp³-hybridized carbons (Fsp3) is 0.333. The van der Waals surface area contributed by atoms with Gasteiger partial charge in [0.2, 0.25) is 10.0 Å². The summed E-state index contributed by atoms with van der Waals surface area (Å²) in [6.07, 6.45) is 0.745. The lowest BCUT2D eigenvalue weighted by atomic mass is 10.2. The standard InChI is InChI=1S/C18H20Cl2N2O2S/c1-14-3-5-18(6-4-14)25(23,24)22-8-2-7-21(9-10-22)17-12-15(19)11-16(20)13-17/h3-6,11-13H,2,7-10H2,1H3. The number of aryl methyl sites for hydroxylation is 1. The van der Waals surface area contributed by atoms with Gasteiger partial charge in [-0.3, -0.25) is 0 Å². The summed E-state index contributed by atoms with van der Waals surface area (Å²) in [5, 5.41) is 1.16. The molecule has 134 valence electrons. The van der Waals surface area contributed by atoms with Crippen LogP contribution in [0.3, 0.4) is 0 Å². The SMILES string of the molecule is Cc1ccc(S(=O)(=O)N2CCCN(c3cc(Cl)cc(Cl)c3)CC2)cc1. The lowest BCUT2D eigenvalue weighted by Gasteiger charge is -2.24. The van der Waals surface area contributed by atoms with Crippen molar-refractivity contribution in [3.05, 3.63) is 58.1 Å². The highest BCUT2D eigenvalue weighted by molar-refractivity contribution is 7.89. The van der Waals surface area contributed by atoms with Crippen LogP contribution in [-0.2, 0) is 10.0 Å². The van der Waals surface area contributed by atoms with Gasteiger partial charge in [-0.25, -0.2) is 8.42 Å². The zero-order valence-corrected chi connectivity index (χ0v) is 16.3. The number of benzene rings is 2. The molecule has 2 aromatic carbocycles. The number of anilines is 1. The molecule has 25 heavy (non-hydrogen) atoms. The number of halogens is 2. The lowest BCUT2D eigenvalue weighted by molar-refractivity contribution is 0.433. The molecule has 0 aliphatic carbocycles. The number of rotatable bonds is 3. The summed E-state index contributed by atoms with van der Waals surface area (Å²) >= 11 is 12.2. The highest BCUT2D eigenvalue weighted by Gasteiger charge is 2.27. The Morgan fingerprint density at radius 3 is 2.16 bits per heavy atom.